The van der Waals surface area contributed by atoms with Gasteiger partial charge in [0.15, 0.2) is 0 Å². The molecule has 5 atom stereocenters. The Labute approximate surface area is 168 Å². The largest absolute Gasteiger partial charge is 0.508 e. The molecule has 3 aliphatic carbocycles. The Hall–Kier alpha value is -2.09. The van der Waals surface area contributed by atoms with Gasteiger partial charge in [-0.25, -0.2) is 0 Å². The van der Waals surface area contributed by atoms with Crippen LogP contribution in [0.5, 0.6) is 5.75 Å². The van der Waals surface area contributed by atoms with Crippen molar-refractivity contribution in [3.05, 3.63) is 65.2 Å². The van der Waals surface area contributed by atoms with Crippen LogP contribution in [0.15, 0.2) is 48.5 Å². The Kier molecular flexibility index (Phi) is 4.34. The van der Waals surface area contributed by atoms with Crippen molar-refractivity contribution in [1.82, 2.24) is 0 Å². The molecule has 5 rings (SSSR count). The van der Waals surface area contributed by atoms with E-state index >= 15 is 0 Å². The van der Waals surface area contributed by atoms with Gasteiger partial charge in [-0.05, 0) is 91.0 Å². The minimum Gasteiger partial charge on any atom is -0.508 e. The van der Waals surface area contributed by atoms with E-state index in [0.29, 0.717) is 35.2 Å². The molecule has 0 radical (unpaired) electrons. The van der Waals surface area contributed by atoms with E-state index in [2.05, 4.69) is 43.3 Å². The van der Waals surface area contributed by atoms with E-state index in [0.717, 1.165) is 44.9 Å². The van der Waals surface area contributed by atoms with Crippen LogP contribution in [-0.4, -0.2) is 10.9 Å². The molecule has 3 aliphatic rings. The van der Waals surface area contributed by atoms with Gasteiger partial charge in [-0.2, -0.15) is 0 Å². The number of rotatable bonds is 3. The van der Waals surface area contributed by atoms with Crippen molar-refractivity contribution >= 4 is 5.78 Å². The lowest BCUT2D eigenvalue weighted by Crippen LogP contribution is -2.44. The summed E-state index contributed by atoms with van der Waals surface area (Å²) in [5, 5.41) is 9.89. The van der Waals surface area contributed by atoms with Gasteiger partial charge >= 0.3 is 0 Å². The first-order chi connectivity index (χ1) is 13.6. The van der Waals surface area contributed by atoms with Crippen LogP contribution in [0.3, 0.4) is 0 Å². The van der Waals surface area contributed by atoms with Crippen LogP contribution >= 0.6 is 0 Å². The SMILES string of the molecule is C[C@]12CC[C@@H]3c4ccc(O)cc4CC[C@H]3[C@@H]1[C@H](CCc1ccccc1)CC2=O. The molecule has 2 aromatic rings. The summed E-state index contributed by atoms with van der Waals surface area (Å²) in [4.78, 5) is 13.1. The summed E-state index contributed by atoms with van der Waals surface area (Å²) in [6.07, 6.45) is 7.33. The molecule has 1 N–H and O–H groups in total. The maximum atomic E-state index is 13.1. The summed E-state index contributed by atoms with van der Waals surface area (Å²) >= 11 is 0. The molecule has 2 heteroatoms. The zero-order valence-corrected chi connectivity index (χ0v) is 16.7. The molecule has 0 aliphatic heterocycles. The minimum absolute atomic E-state index is 0.114. The highest BCUT2D eigenvalue weighted by atomic mass is 16.3. The number of carbonyl (C=O) groups excluding carboxylic acids is 1. The van der Waals surface area contributed by atoms with Gasteiger partial charge in [0, 0.05) is 11.8 Å². The number of phenols is 1. The lowest BCUT2D eigenvalue weighted by Gasteiger charge is -2.50. The minimum atomic E-state index is -0.114. The maximum Gasteiger partial charge on any atom is 0.139 e. The van der Waals surface area contributed by atoms with Crippen molar-refractivity contribution in [2.75, 3.05) is 0 Å². The van der Waals surface area contributed by atoms with Crippen molar-refractivity contribution in [3.8, 4) is 5.75 Å². The molecule has 0 amide bonds. The summed E-state index contributed by atoms with van der Waals surface area (Å²) < 4.78 is 0. The fourth-order valence-electron chi connectivity index (χ4n) is 6.89. The zero-order chi connectivity index (χ0) is 19.3. The van der Waals surface area contributed by atoms with E-state index in [-0.39, 0.29) is 5.41 Å². The first kappa shape index (κ1) is 18.0. The number of carbonyl (C=O) groups is 1. The molecular weight excluding hydrogens is 344 g/mol. The number of fused-ring (bicyclic) bond motifs is 5. The Morgan fingerprint density at radius 2 is 1.93 bits per heavy atom. The second-order valence-electron chi connectivity index (χ2n) is 9.59. The lowest BCUT2D eigenvalue weighted by molar-refractivity contribution is -0.129. The molecule has 2 saturated carbocycles. The predicted octanol–water partition coefficient (Wildman–Crippen LogP) is 5.68. The fourth-order valence-corrected chi connectivity index (χ4v) is 6.89. The quantitative estimate of drug-likeness (QED) is 0.751. The van der Waals surface area contributed by atoms with Gasteiger partial charge in [0.25, 0.3) is 0 Å². The number of hydrogen-bond donors (Lipinski definition) is 1. The van der Waals surface area contributed by atoms with Gasteiger partial charge in [0.2, 0.25) is 0 Å². The number of hydrogen-bond acceptors (Lipinski definition) is 2. The predicted molar refractivity (Wildman–Crippen MR) is 111 cm³/mol. The number of phenolic OH excluding ortho intramolecular Hbond substituents is 1. The van der Waals surface area contributed by atoms with Crippen LogP contribution in [0, 0.1) is 23.2 Å². The average Bonchev–Trinajstić information content (AvgIpc) is 2.97. The van der Waals surface area contributed by atoms with Crippen molar-refractivity contribution in [3.63, 3.8) is 0 Å². The summed E-state index contributed by atoms with van der Waals surface area (Å²) in [7, 11) is 0. The number of benzene rings is 2. The van der Waals surface area contributed by atoms with Crippen LogP contribution in [0.2, 0.25) is 0 Å². The fraction of sp³-hybridized carbons (Fsp3) is 0.500. The van der Waals surface area contributed by atoms with Crippen LogP contribution in [0.1, 0.15) is 61.6 Å². The summed E-state index contributed by atoms with van der Waals surface area (Å²) in [5.41, 5.74) is 4.05. The Balaban J connectivity index is 1.43. The van der Waals surface area contributed by atoms with E-state index in [9.17, 15) is 9.90 Å². The molecule has 2 aromatic carbocycles. The Morgan fingerprint density at radius 1 is 1.11 bits per heavy atom. The smallest absolute Gasteiger partial charge is 0.139 e. The van der Waals surface area contributed by atoms with Crippen LogP contribution in [0.4, 0.5) is 0 Å². The molecule has 2 nitrogen and oxygen atoms in total. The van der Waals surface area contributed by atoms with E-state index < -0.39 is 0 Å². The summed E-state index contributed by atoms with van der Waals surface area (Å²) in [6.45, 7) is 2.27. The van der Waals surface area contributed by atoms with Gasteiger partial charge in [0.1, 0.15) is 11.5 Å². The van der Waals surface area contributed by atoms with Gasteiger partial charge in [-0.15, -0.1) is 0 Å². The number of ketones is 1. The Bertz CT molecular complexity index is 887. The maximum absolute atomic E-state index is 13.1. The second kappa shape index (κ2) is 6.76. The lowest BCUT2D eigenvalue weighted by atomic mass is 9.54. The van der Waals surface area contributed by atoms with E-state index in [4.69, 9.17) is 0 Å². The second-order valence-corrected chi connectivity index (χ2v) is 9.59. The van der Waals surface area contributed by atoms with Gasteiger partial charge in [-0.1, -0.05) is 43.3 Å². The summed E-state index contributed by atoms with van der Waals surface area (Å²) in [5.74, 6) is 3.12. The monoisotopic (exact) mass is 374 g/mol. The third kappa shape index (κ3) is 2.80. The molecule has 0 spiro atoms. The highest BCUT2D eigenvalue weighted by Crippen LogP contribution is 2.62. The van der Waals surface area contributed by atoms with Crippen molar-refractivity contribution in [1.29, 1.82) is 0 Å². The van der Waals surface area contributed by atoms with Crippen molar-refractivity contribution in [2.24, 2.45) is 23.2 Å². The van der Waals surface area contributed by atoms with E-state index in [1.807, 2.05) is 12.1 Å². The molecule has 28 heavy (non-hydrogen) atoms. The highest BCUT2D eigenvalue weighted by molar-refractivity contribution is 5.87. The number of aromatic hydroxyl groups is 1. The van der Waals surface area contributed by atoms with E-state index in [1.54, 1.807) is 0 Å². The molecule has 2 fully saturated rings. The average molecular weight is 375 g/mol. The third-order valence-electron chi connectivity index (χ3n) is 8.20. The molecule has 0 heterocycles. The van der Waals surface area contributed by atoms with E-state index in [1.165, 1.54) is 16.7 Å². The Morgan fingerprint density at radius 3 is 2.75 bits per heavy atom. The first-order valence-corrected chi connectivity index (χ1v) is 11.0. The molecule has 0 aromatic heterocycles. The van der Waals surface area contributed by atoms with Crippen molar-refractivity contribution < 1.29 is 9.90 Å². The first-order valence-electron chi connectivity index (χ1n) is 11.0. The van der Waals surface area contributed by atoms with Crippen LogP contribution in [0.25, 0.3) is 0 Å². The van der Waals surface area contributed by atoms with Crippen molar-refractivity contribution in [2.45, 2.75) is 57.8 Å². The van der Waals surface area contributed by atoms with Gasteiger partial charge in [0.05, 0.1) is 0 Å². The molecule has 0 bridgehead atoms. The number of aryl methyl sites for hydroxylation is 2. The molecule has 0 saturated heterocycles. The summed E-state index contributed by atoms with van der Waals surface area (Å²) in [6, 6.07) is 16.7. The number of Topliss-reactive ketones (excluding diaryl/α,β-unsaturated/α-hetero) is 1. The topological polar surface area (TPSA) is 37.3 Å². The normalized spacial score (nSPS) is 33.8. The molecular formula is C26H30O2. The van der Waals surface area contributed by atoms with Crippen LogP contribution in [-0.2, 0) is 17.6 Å². The van der Waals surface area contributed by atoms with Crippen LogP contribution < -0.4 is 0 Å². The molecule has 146 valence electrons. The molecule has 0 unspecified atom stereocenters. The van der Waals surface area contributed by atoms with Gasteiger partial charge < -0.3 is 5.11 Å². The highest BCUT2D eigenvalue weighted by Gasteiger charge is 2.58. The van der Waals surface area contributed by atoms with Gasteiger partial charge in [-0.3, -0.25) is 4.79 Å². The third-order valence-corrected chi connectivity index (χ3v) is 8.20. The standard InChI is InChI=1S/C26H30O2/c1-26-14-13-22-21-12-10-20(27)15-18(21)9-11-23(22)25(26)19(16-24(26)28)8-7-17-5-3-2-4-6-17/h2-6,10,12,15,19,22-23,25,27H,7-9,11,13-14,16H2,1H3/t19-,22-,23-,25+,26-/m1/s1. The zero-order valence-electron chi connectivity index (χ0n) is 16.7.